The van der Waals surface area contributed by atoms with Gasteiger partial charge in [-0.2, -0.15) is 0 Å². The second-order valence-corrected chi connectivity index (χ2v) is 9.85. The molecule has 0 aliphatic rings. The molecule has 0 aliphatic carbocycles. The largest absolute Gasteiger partial charge is 0.489 e. The molecule has 2 nitrogen and oxygen atoms in total. The summed E-state index contributed by atoms with van der Waals surface area (Å²) < 4.78 is 12.0. The predicted octanol–water partition coefficient (Wildman–Crippen LogP) is 8.10. The van der Waals surface area contributed by atoms with Crippen LogP contribution in [0.1, 0.15) is 49.9 Å². The molecule has 174 valence electrons. The first-order valence-electron chi connectivity index (χ1n) is 11.9. The van der Waals surface area contributed by atoms with Gasteiger partial charge in [-0.05, 0) is 57.3 Å². The van der Waals surface area contributed by atoms with Crippen LogP contribution in [0.25, 0.3) is 0 Å². The summed E-state index contributed by atoms with van der Waals surface area (Å²) in [7, 11) is 0. The second-order valence-electron chi connectivity index (χ2n) is 9.85. The normalized spacial score (nSPS) is 11.8. The van der Waals surface area contributed by atoms with Gasteiger partial charge in [0.2, 0.25) is 0 Å². The zero-order chi connectivity index (χ0) is 24.0. The molecule has 0 aliphatic heterocycles. The van der Waals surface area contributed by atoms with Crippen LogP contribution in [0, 0.1) is 0 Å². The molecule has 2 heteroatoms. The van der Waals surface area contributed by atoms with E-state index in [1.807, 2.05) is 36.4 Å². The maximum absolute atomic E-state index is 5.98. The van der Waals surface area contributed by atoms with Crippen LogP contribution in [0.15, 0.2) is 109 Å². The topological polar surface area (TPSA) is 18.5 Å². The molecule has 0 unspecified atom stereocenters. The average molecular weight is 451 g/mol. The van der Waals surface area contributed by atoms with Gasteiger partial charge < -0.3 is 9.47 Å². The van der Waals surface area contributed by atoms with Gasteiger partial charge in [-0.1, -0.05) is 113 Å². The van der Waals surface area contributed by atoms with Crippen LogP contribution in [-0.4, -0.2) is 0 Å². The fraction of sp³-hybridized carbons (Fsp3) is 0.250. The lowest BCUT2D eigenvalue weighted by Gasteiger charge is -2.43. The van der Waals surface area contributed by atoms with Gasteiger partial charge in [0, 0.05) is 0 Å². The van der Waals surface area contributed by atoms with E-state index in [1.165, 1.54) is 22.3 Å². The SMILES string of the molecule is CC(C)(c1ccc(OCc2ccccc2)cc1)C(C)(C)c1ccc(OCc2ccccc2)cc1. The molecular weight excluding hydrogens is 416 g/mol. The Morgan fingerprint density at radius 1 is 0.441 bits per heavy atom. The summed E-state index contributed by atoms with van der Waals surface area (Å²) in [5.41, 5.74) is 4.74. The van der Waals surface area contributed by atoms with Crippen molar-refractivity contribution in [2.75, 3.05) is 0 Å². The highest BCUT2D eigenvalue weighted by atomic mass is 16.5. The molecular formula is C32H34O2. The van der Waals surface area contributed by atoms with E-state index in [4.69, 9.17) is 9.47 Å². The minimum absolute atomic E-state index is 0.0859. The zero-order valence-electron chi connectivity index (χ0n) is 20.6. The third kappa shape index (κ3) is 5.34. The molecule has 4 aromatic carbocycles. The number of benzene rings is 4. The average Bonchev–Trinajstić information content (AvgIpc) is 2.88. The van der Waals surface area contributed by atoms with Crippen LogP contribution >= 0.6 is 0 Å². The summed E-state index contributed by atoms with van der Waals surface area (Å²) in [6.45, 7) is 10.4. The van der Waals surface area contributed by atoms with Crippen molar-refractivity contribution in [2.24, 2.45) is 0 Å². The number of ether oxygens (including phenoxy) is 2. The molecule has 0 saturated heterocycles. The summed E-state index contributed by atoms with van der Waals surface area (Å²) in [5, 5.41) is 0. The fourth-order valence-electron chi connectivity index (χ4n) is 4.14. The minimum Gasteiger partial charge on any atom is -0.489 e. The quantitative estimate of drug-likeness (QED) is 0.256. The van der Waals surface area contributed by atoms with E-state index in [0.717, 1.165) is 11.5 Å². The van der Waals surface area contributed by atoms with Gasteiger partial charge >= 0.3 is 0 Å². The van der Waals surface area contributed by atoms with Crippen molar-refractivity contribution < 1.29 is 9.47 Å². The Hall–Kier alpha value is -3.52. The Kier molecular flexibility index (Phi) is 7.07. The third-order valence-corrected chi connectivity index (χ3v) is 7.21. The molecule has 4 rings (SSSR count). The van der Waals surface area contributed by atoms with Crippen LogP contribution in [0.2, 0.25) is 0 Å². The van der Waals surface area contributed by atoms with E-state index in [0.29, 0.717) is 13.2 Å². The lowest BCUT2D eigenvalue weighted by atomic mass is 9.61. The lowest BCUT2D eigenvalue weighted by Crippen LogP contribution is -2.40. The summed E-state index contributed by atoms with van der Waals surface area (Å²) in [6, 6.07) is 37.6. The Balaban J connectivity index is 1.42. The van der Waals surface area contributed by atoms with E-state index in [9.17, 15) is 0 Å². The molecule has 0 aromatic heterocycles. The summed E-state index contributed by atoms with van der Waals surface area (Å²) in [6.07, 6.45) is 0. The van der Waals surface area contributed by atoms with Gasteiger partial charge in [-0.3, -0.25) is 0 Å². The first-order valence-corrected chi connectivity index (χ1v) is 11.9. The van der Waals surface area contributed by atoms with Gasteiger partial charge in [0.25, 0.3) is 0 Å². The zero-order valence-corrected chi connectivity index (χ0v) is 20.6. The molecule has 0 heterocycles. The minimum atomic E-state index is -0.0859. The maximum atomic E-state index is 5.98. The van der Waals surface area contributed by atoms with Crippen molar-refractivity contribution in [2.45, 2.75) is 51.7 Å². The van der Waals surface area contributed by atoms with Crippen molar-refractivity contribution in [3.05, 3.63) is 131 Å². The van der Waals surface area contributed by atoms with Gasteiger partial charge in [-0.15, -0.1) is 0 Å². The third-order valence-electron chi connectivity index (χ3n) is 7.21. The van der Waals surface area contributed by atoms with Crippen LogP contribution in [0.4, 0.5) is 0 Å². The van der Waals surface area contributed by atoms with Crippen molar-refractivity contribution >= 4 is 0 Å². The maximum Gasteiger partial charge on any atom is 0.119 e. The first kappa shape index (κ1) is 23.6. The molecule has 4 aromatic rings. The molecule has 0 N–H and O–H groups in total. The predicted molar refractivity (Wildman–Crippen MR) is 140 cm³/mol. The van der Waals surface area contributed by atoms with Crippen LogP contribution in [-0.2, 0) is 24.0 Å². The van der Waals surface area contributed by atoms with Gasteiger partial charge in [0.05, 0.1) is 0 Å². The Labute approximate surface area is 204 Å². The highest BCUT2D eigenvalue weighted by Crippen LogP contribution is 2.44. The fourth-order valence-corrected chi connectivity index (χ4v) is 4.14. The molecule has 0 radical (unpaired) electrons. The second kappa shape index (κ2) is 10.2. The summed E-state index contributed by atoms with van der Waals surface area (Å²) >= 11 is 0. The van der Waals surface area contributed by atoms with E-state index in [1.54, 1.807) is 0 Å². The van der Waals surface area contributed by atoms with Crippen molar-refractivity contribution in [3.63, 3.8) is 0 Å². The van der Waals surface area contributed by atoms with E-state index >= 15 is 0 Å². The van der Waals surface area contributed by atoms with E-state index < -0.39 is 0 Å². The van der Waals surface area contributed by atoms with Gasteiger partial charge in [0.15, 0.2) is 0 Å². The molecule has 0 saturated carbocycles. The van der Waals surface area contributed by atoms with Gasteiger partial charge in [-0.25, -0.2) is 0 Å². The molecule has 0 amide bonds. The summed E-state index contributed by atoms with van der Waals surface area (Å²) in [4.78, 5) is 0. The molecule has 0 bridgehead atoms. The highest BCUT2D eigenvalue weighted by molar-refractivity contribution is 5.40. The van der Waals surface area contributed by atoms with E-state index in [-0.39, 0.29) is 10.8 Å². The number of hydrogen-bond donors (Lipinski definition) is 0. The first-order chi connectivity index (χ1) is 16.4. The number of hydrogen-bond acceptors (Lipinski definition) is 2. The molecule has 0 atom stereocenters. The summed E-state index contributed by atoms with van der Waals surface area (Å²) in [5.74, 6) is 1.78. The Morgan fingerprint density at radius 2 is 0.765 bits per heavy atom. The smallest absolute Gasteiger partial charge is 0.119 e. The number of rotatable bonds is 9. The van der Waals surface area contributed by atoms with Crippen molar-refractivity contribution in [1.29, 1.82) is 0 Å². The molecule has 0 fully saturated rings. The Morgan fingerprint density at radius 3 is 1.09 bits per heavy atom. The monoisotopic (exact) mass is 450 g/mol. The van der Waals surface area contributed by atoms with E-state index in [2.05, 4.69) is 100 Å². The van der Waals surface area contributed by atoms with Crippen molar-refractivity contribution in [3.8, 4) is 11.5 Å². The van der Waals surface area contributed by atoms with Crippen molar-refractivity contribution in [1.82, 2.24) is 0 Å². The molecule has 0 spiro atoms. The molecule has 34 heavy (non-hydrogen) atoms. The van der Waals surface area contributed by atoms with Crippen LogP contribution in [0.3, 0.4) is 0 Å². The Bertz CT molecular complexity index is 1060. The lowest BCUT2D eigenvalue weighted by molar-refractivity contribution is 0.295. The standard InChI is InChI=1S/C32H34O2/c1-31(2,27-15-19-29(20-16-27)33-23-25-11-7-5-8-12-25)32(3,4)28-17-21-30(22-18-28)34-24-26-13-9-6-10-14-26/h5-22H,23-24H2,1-4H3. The van der Waals surface area contributed by atoms with Crippen LogP contribution < -0.4 is 9.47 Å². The van der Waals surface area contributed by atoms with Crippen LogP contribution in [0.5, 0.6) is 11.5 Å². The highest BCUT2D eigenvalue weighted by Gasteiger charge is 2.39. The van der Waals surface area contributed by atoms with Gasteiger partial charge in [0.1, 0.15) is 24.7 Å².